The number of rotatable bonds is 3. The number of aromatic hydroxyl groups is 1. The molecule has 2 N–H and O–H groups in total. The summed E-state index contributed by atoms with van der Waals surface area (Å²) in [6, 6.07) is 6.66. The van der Waals surface area contributed by atoms with Gasteiger partial charge in [-0.05, 0) is 42.3 Å². The molecule has 5 heteroatoms. The Bertz CT molecular complexity index is 614. The predicted molar refractivity (Wildman–Crippen MR) is 76.0 cm³/mol. The lowest BCUT2D eigenvalue weighted by molar-refractivity contribution is 0.0948. The van der Waals surface area contributed by atoms with Gasteiger partial charge in [0.05, 0.1) is 5.56 Å². The zero-order valence-corrected chi connectivity index (χ0v) is 11.9. The zero-order valence-electron chi connectivity index (χ0n) is 10.4. The van der Waals surface area contributed by atoms with Crippen molar-refractivity contribution in [1.29, 1.82) is 0 Å². The quantitative estimate of drug-likeness (QED) is 0.914. The van der Waals surface area contributed by atoms with Crippen LogP contribution in [0.3, 0.4) is 0 Å². The molecule has 0 saturated carbocycles. The lowest BCUT2D eigenvalue weighted by atomic mass is 10.1. The molecule has 2 aromatic rings. The Labute approximate surface area is 119 Å². The molecule has 1 heterocycles. The van der Waals surface area contributed by atoms with Gasteiger partial charge in [0.2, 0.25) is 0 Å². The fourth-order valence-corrected chi connectivity index (χ4v) is 2.00. The molecule has 0 bridgehead atoms. The first kappa shape index (κ1) is 13.5. The number of amides is 1. The van der Waals surface area contributed by atoms with Crippen LogP contribution in [0.4, 0.5) is 0 Å². The minimum Gasteiger partial charge on any atom is -0.507 e. The van der Waals surface area contributed by atoms with E-state index < -0.39 is 0 Å². The molecule has 0 aliphatic rings. The minimum absolute atomic E-state index is 0.0465. The number of aryl methyl sites for hydroxylation is 1. The van der Waals surface area contributed by atoms with Crippen LogP contribution in [0.2, 0.25) is 0 Å². The van der Waals surface area contributed by atoms with Crippen LogP contribution in [0.5, 0.6) is 5.75 Å². The van der Waals surface area contributed by atoms with Crippen molar-refractivity contribution in [2.75, 3.05) is 0 Å². The number of phenolic OH excluding ortho intramolecular Hbond substituents is 1. The van der Waals surface area contributed by atoms with Gasteiger partial charge >= 0.3 is 0 Å². The van der Waals surface area contributed by atoms with Crippen LogP contribution in [0.25, 0.3) is 0 Å². The lowest BCUT2D eigenvalue weighted by Gasteiger charge is -2.08. The van der Waals surface area contributed by atoms with E-state index in [2.05, 4.69) is 26.2 Å². The molecule has 0 aliphatic carbocycles. The second-order valence-electron chi connectivity index (χ2n) is 4.15. The van der Waals surface area contributed by atoms with Gasteiger partial charge in [0.1, 0.15) is 5.75 Å². The maximum Gasteiger partial charge on any atom is 0.255 e. The van der Waals surface area contributed by atoms with Crippen molar-refractivity contribution in [1.82, 2.24) is 10.3 Å². The number of nitrogens with one attached hydrogen (secondary N) is 1. The van der Waals surface area contributed by atoms with E-state index >= 15 is 0 Å². The van der Waals surface area contributed by atoms with E-state index in [0.29, 0.717) is 6.54 Å². The highest BCUT2D eigenvalue weighted by molar-refractivity contribution is 9.10. The fraction of sp³-hybridized carbons (Fsp3) is 0.143. The van der Waals surface area contributed by atoms with Gasteiger partial charge in [-0.3, -0.25) is 9.78 Å². The van der Waals surface area contributed by atoms with E-state index in [1.165, 1.54) is 6.07 Å². The molecule has 0 aliphatic heterocycles. The monoisotopic (exact) mass is 320 g/mol. The first-order chi connectivity index (χ1) is 9.08. The summed E-state index contributed by atoms with van der Waals surface area (Å²) in [5, 5.41) is 12.5. The lowest BCUT2D eigenvalue weighted by Crippen LogP contribution is -2.23. The van der Waals surface area contributed by atoms with Crippen LogP contribution in [-0.2, 0) is 6.54 Å². The van der Waals surface area contributed by atoms with Crippen LogP contribution >= 0.6 is 15.9 Å². The Balaban J connectivity index is 2.08. The third kappa shape index (κ3) is 3.32. The number of halogens is 1. The number of hydrogen-bond acceptors (Lipinski definition) is 3. The van der Waals surface area contributed by atoms with E-state index in [0.717, 1.165) is 15.6 Å². The maximum atomic E-state index is 12.0. The third-order valence-corrected chi connectivity index (χ3v) is 3.28. The van der Waals surface area contributed by atoms with E-state index in [-0.39, 0.29) is 17.2 Å². The van der Waals surface area contributed by atoms with Gasteiger partial charge in [0.15, 0.2) is 0 Å². The van der Waals surface area contributed by atoms with Gasteiger partial charge in [-0.25, -0.2) is 0 Å². The highest BCUT2D eigenvalue weighted by Crippen LogP contribution is 2.22. The van der Waals surface area contributed by atoms with Gasteiger partial charge in [-0.1, -0.05) is 15.9 Å². The second kappa shape index (κ2) is 5.84. The summed E-state index contributed by atoms with van der Waals surface area (Å²) in [6.45, 7) is 2.34. The smallest absolute Gasteiger partial charge is 0.255 e. The number of carbonyl (C=O) groups is 1. The van der Waals surface area contributed by atoms with Crippen LogP contribution in [-0.4, -0.2) is 16.0 Å². The second-order valence-corrected chi connectivity index (χ2v) is 5.06. The summed E-state index contributed by atoms with van der Waals surface area (Å²) < 4.78 is 0.727. The maximum absolute atomic E-state index is 12.0. The van der Waals surface area contributed by atoms with E-state index in [4.69, 9.17) is 0 Å². The van der Waals surface area contributed by atoms with Crippen molar-refractivity contribution in [3.05, 3.63) is 57.8 Å². The SMILES string of the molecule is Cc1ccncc1CNC(=O)c1ccc(Br)cc1O. The van der Waals surface area contributed by atoms with Gasteiger partial charge in [-0.15, -0.1) is 0 Å². The normalized spacial score (nSPS) is 10.2. The van der Waals surface area contributed by atoms with Crippen LogP contribution in [0.1, 0.15) is 21.5 Å². The molecule has 0 fully saturated rings. The van der Waals surface area contributed by atoms with Gasteiger partial charge < -0.3 is 10.4 Å². The van der Waals surface area contributed by atoms with Crippen LogP contribution < -0.4 is 5.32 Å². The van der Waals surface area contributed by atoms with Gasteiger partial charge in [0, 0.05) is 23.4 Å². The average molecular weight is 321 g/mol. The van der Waals surface area contributed by atoms with Crippen LogP contribution in [0, 0.1) is 6.92 Å². The van der Waals surface area contributed by atoms with E-state index in [9.17, 15) is 9.90 Å². The molecule has 1 aromatic heterocycles. The Morgan fingerprint density at radius 1 is 1.42 bits per heavy atom. The number of hydrogen-bond donors (Lipinski definition) is 2. The number of nitrogens with zero attached hydrogens (tertiary/aromatic N) is 1. The molecule has 19 heavy (non-hydrogen) atoms. The van der Waals surface area contributed by atoms with Crippen molar-refractivity contribution in [2.24, 2.45) is 0 Å². The molecule has 1 amide bonds. The van der Waals surface area contributed by atoms with Crippen LogP contribution in [0.15, 0.2) is 41.1 Å². The van der Waals surface area contributed by atoms with E-state index in [1.807, 2.05) is 13.0 Å². The summed E-state index contributed by atoms with van der Waals surface area (Å²) in [5.41, 5.74) is 2.27. The molecule has 0 atom stereocenters. The molecule has 0 spiro atoms. The largest absolute Gasteiger partial charge is 0.507 e. The molecular formula is C14H13BrN2O2. The Kier molecular flexibility index (Phi) is 4.16. The Hall–Kier alpha value is -1.88. The number of benzene rings is 1. The average Bonchev–Trinajstić information content (AvgIpc) is 2.37. The predicted octanol–water partition coefficient (Wildman–Crippen LogP) is 2.79. The minimum atomic E-state index is -0.312. The van der Waals surface area contributed by atoms with Crippen molar-refractivity contribution >= 4 is 21.8 Å². The van der Waals surface area contributed by atoms with E-state index in [1.54, 1.807) is 24.5 Å². The molecule has 0 unspecified atom stereocenters. The Morgan fingerprint density at radius 3 is 2.89 bits per heavy atom. The highest BCUT2D eigenvalue weighted by Gasteiger charge is 2.11. The summed E-state index contributed by atoms with van der Waals surface area (Å²) in [6.07, 6.45) is 3.43. The van der Waals surface area contributed by atoms with Gasteiger partial charge in [-0.2, -0.15) is 0 Å². The molecule has 2 rings (SSSR count). The first-order valence-electron chi connectivity index (χ1n) is 5.74. The van der Waals surface area contributed by atoms with Crippen molar-refractivity contribution < 1.29 is 9.90 Å². The zero-order chi connectivity index (χ0) is 13.8. The number of aromatic nitrogens is 1. The highest BCUT2D eigenvalue weighted by atomic mass is 79.9. The number of carbonyl (C=O) groups excluding carboxylic acids is 1. The molecule has 1 aromatic carbocycles. The Morgan fingerprint density at radius 2 is 2.21 bits per heavy atom. The topological polar surface area (TPSA) is 62.2 Å². The first-order valence-corrected chi connectivity index (χ1v) is 6.53. The number of pyridine rings is 1. The van der Waals surface area contributed by atoms with Crippen molar-refractivity contribution in [3.63, 3.8) is 0 Å². The van der Waals surface area contributed by atoms with Gasteiger partial charge in [0.25, 0.3) is 5.91 Å². The third-order valence-electron chi connectivity index (χ3n) is 2.79. The van der Waals surface area contributed by atoms with Crippen molar-refractivity contribution in [2.45, 2.75) is 13.5 Å². The number of phenols is 1. The summed E-state index contributed by atoms with van der Waals surface area (Å²) in [7, 11) is 0. The summed E-state index contributed by atoms with van der Waals surface area (Å²) >= 11 is 3.23. The summed E-state index contributed by atoms with van der Waals surface area (Å²) in [5.74, 6) is -0.358. The standard InChI is InChI=1S/C14H13BrN2O2/c1-9-4-5-16-7-10(9)8-17-14(19)12-3-2-11(15)6-13(12)18/h2-7,18H,8H2,1H3,(H,17,19). The fourth-order valence-electron chi connectivity index (χ4n) is 1.65. The molecule has 4 nitrogen and oxygen atoms in total. The summed E-state index contributed by atoms with van der Waals surface area (Å²) in [4.78, 5) is 16.0. The molecule has 98 valence electrons. The molecule has 0 radical (unpaired) electrons. The van der Waals surface area contributed by atoms with Crippen molar-refractivity contribution in [3.8, 4) is 5.75 Å². The molecule has 0 saturated heterocycles. The molecular weight excluding hydrogens is 308 g/mol.